The van der Waals surface area contributed by atoms with Crippen LogP contribution in [0.4, 0.5) is 4.79 Å². The first-order valence-corrected chi connectivity index (χ1v) is 4.50. The van der Waals surface area contributed by atoms with Crippen LogP contribution < -0.4 is 0 Å². The van der Waals surface area contributed by atoms with Gasteiger partial charge in [-0.2, -0.15) is 0 Å². The Kier molecular flexibility index (Phi) is 3.31. The Morgan fingerprint density at radius 3 is 2.47 bits per heavy atom. The monoisotopic (exact) mass is 215 g/mol. The van der Waals surface area contributed by atoms with Gasteiger partial charge >= 0.3 is 12.1 Å². The van der Waals surface area contributed by atoms with E-state index in [1.807, 2.05) is 0 Å². The number of allylic oxidation sites excluding steroid dienone is 1. The van der Waals surface area contributed by atoms with Gasteiger partial charge in [0.05, 0.1) is 12.6 Å². The molecule has 0 bridgehead atoms. The zero-order valence-corrected chi connectivity index (χ0v) is 8.04. The minimum Gasteiger partial charge on any atom is -0.480 e. The fourth-order valence-corrected chi connectivity index (χ4v) is 1.88. The number of carboxylic acids is 1. The first-order chi connectivity index (χ1) is 6.99. The second kappa shape index (κ2) is 4.31. The van der Waals surface area contributed by atoms with Crippen molar-refractivity contribution in [2.75, 3.05) is 6.54 Å². The number of likely N-dealkylation sites (tertiary alicyclic amines) is 1. The lowest BCUT2D eigenvalue weighted by Crippen LogP contribution is -2.42. The molecular formula is C9H13NO5. The Bertz CT molecular complexity index is 290. The number of hydrogen-bond acceptors (Lipinski definition) is 3. The molecule has 84 valence electrons. The van der Waals surface area contributed by atoms with Gasteiger partial charge in [-0.25, -0.2) is 9.59 Å². The lowest BCUT2D eigenvalue weighted by molar-refractivity contribution is -0.143. The molecule has 1 amide bonds. The predicted molar refractivity (Wildman–Crippen MR) is 50.5 cm³/mol. The van der Waals surface area contributed by atoms with E-state index in [0.29, 0.717) is 0 Å². The molecule has 1 heterocycles. The zero-order chi connectivity index (χ0) is 11.6. The highest BCUT2D eigenvalue weighted by molar-refractivity contribution is 5.80. The molecule has 1 aliphatic rings. The van der Waals surface area contributed by atoms with Crippen molar-refractivity contribution in [1.29, 1.82) is 0 Å². The predicted octanol–water partition coefficient (Wildman–Crippen LogP) is -0.0136. The highest BCUT2D eigenvalue weighted by atomic mass is 16.4. The molecule has 6 heteroatoms. The summed E-state index contributed by atoms with van der Waals surface area (Å²) >= 11 is 0. The van der Waals surface area contributed by atoms with E-state index in [1.165, 1.54) is 6.08 Å². The first-order valence-electron chi connectivity index (χ1n) is 4.50. The molecule has 0 aromatic heterocycles. The van der Waals surface area contributed by atoms with Gasteiger partial charge in [-0.3, -0.25) is 4.90 Å². The number of nitrogens with zero attached hydrogens (tertiary/aromatic N) is 1. The average Bonchev–Trinajstić information content (AvgIpc) is 2.45. The maximum atomic E-state index is 10.9. The Labute approximate surface area is 86.4 Å². The average molecular weight is 215 g/mol. The number of amides is 1. The van der Waals surface area contributed by atoms with E-state index in [0.717, 1.165) is 4.90 Å². The third-order valence-corrected chi connectivity index (χ3v) is 2.56. The fourth-order valence-electron chi connectivity index (χ4n) is 1.88. The van der Waals surface area contributed by atoms with Crippen LogP contribution in [0.3, 0.4) is 0 Å². The van der Waals surface area contributed by atoms with Crippen LogP contribution >= 0.6 is 0 Å². The molecule has 1 fully saturated rings. The van der Waals surface area contributed by atoms with Crippen LogP contribution in [-0.2, 0) is 4.79 Å². The number of rotatable bonds is 3. The summed E-state index contributed by atoms with van der Waals surface area (Å²) in [7, 11) is 0. The SMILES string of the molecule is C=CCC1C(O)CN(C(=O)O)[C@@H]1C(=O)O. The second-order valence-electron chi connectivity index (χ2n) is 3.47. The molecule has 0 aliphatic carbocycles. The number of hydrogen-bond donors (Lipinski definition) is 3. The van der Waals surface area contributed by atoms with Crippen molar-refractivity contribution in [3.05, 3.63) is 12.7 Å². The van der Waals surface area contributed by atoms with Gasteiger partial charge in [0.1, 0.15) is 6.04 Å². The van der Waals surface area contributed by atoms with Crippen LogP contribution in [0, 0.1) is 5.92 Å². The van der Waals surface area contributed by atoms with Gasteiger partial charge in [0.2, 0.25) is 0 Å². The van der Waals surface area contributed by atoms with Crippen molar-refractivity contribution in [2.24, 2.45) is 5.92 Å². The van der Waals surface area contributed by atoms with Crippen LogP contribution in [0.25, 0.3) is 0 Å². The van der Waals surface area contributed by atoms with Crippen molar-refractivity contribution < 1.29 is 24.9 Å². The van der Waals surface area contributed by atoms with E-state index in [4.69, 9.17) is 10.2 Å². The molecule has 0 spiro atoms. The van der Waals surface area contributed by atoms with Crippen LogP contribution in [0.1, 0.15) is 6.42 Å². The van der Waals surface area contributed by atoms with Crippen LogP contribution in [0.15, 0.2) is 12.7 Å². The number of aliphatic hydroxyl groups is 1. The van der Waals surface area contributed by atoms with Crippen molar-refractivity contribution in [3.8, 4) is 0 Å². The molecule has 1 saturated heterocycles. The van der Waals surface area contributed by atoms with Gasteiger partial charge in [-0.05, 0) is 6.42 Å². The van der Waals surface area contributed by atoms with Gasteiger partial charge in [-0.15, -0.1) is 6.58 Å². The largest absolute Gasteiger partial charge is 0.480 e. The third-order valence-electron chi connectivity index (χ3n) is 2.56. The number of aliphatic hydroxyl groups excluding tert-OH is 1. The van der Waals surface area contributed by atoms with Gasteiger partial charge < -0.3 is 15.3 Å². The highest BCUT2D eigenvalue weighted by Gasteiger charge is 2.46. The van der Waals surface area contributed by atoms with Crippen molar-refractivity contribution >= 4 is 12.1 Å². The normalized spacial score (nSPS) is 30.2. The summed E-state index contributed by atoms with van der Waals surface area (Å²) in [6.45, 7) is 3.29. The summed E-state index contributed by atoms with van der Waals surface area (Å²) in [6.07, 6.45) is -0.509. The Morgan fingerprint density at radius 2 is 2.07 bits per heavy atom. The van der Waals surface area contributed by atoms with Crippen molar-refractivity contribution in [2.45, 2.75) is 18.6 Å². The second-order valence-corrected chi connectivity index (χ2v) is 3.47. The lowest BCUT2D eigenvalue weighted by atomic mass is 9.94. The molecule has 0 saturated carbocycles. The summed E-state index contributed by atoms with van der Waals surface area (Å²) in [5, 5.41) is 27.2. The molecule has 3 N–H and O–H groups in total. The summed E-state index contributed by atoms with van der Waals surface area (Å²) < 4.78 is 0. The van der Waals surface area contributed by atoms with Crippen LogP contribution in [-0.4, -0.2) is 51.0 Å². The minimum absolute atomic E-state index is 0.162. The molecule has 0 aromatic rings. The molecular weight excluding hydrogens is 202 g/mol. The molecule has 3 atom stereocenters. The molecule has 0 aromatic carbocycles. The number of β-amino-alcohol motifs (C(OH)–C–C–N with tert-alkyl or cyclic N) is 1. The quantitative estimate of drug-likeness (QED) is 0.575. The molecule has 0 radical (unpaired) electrons. The first kappa shape index (κ1) is 11.5. The van der Waals surface area contributed by atoms with Crippen molar-refractivity contribution in [1.82, 2.24) is 4.90 Å². The van der Waals surface area contributed by atoms with E-state index >= 15 is 0 Å². The smallest absolute Gasteiger partial charge is 0.408 e. The molecule has 15 heavy (non-hydrogen) atoms. The van der Waals surface area contributed by atoms with Gasteiger partial charge in [0.25, 0.3) is 0 Å². The van der Waals surface area contributed by atoms with Gasteiger partial charge in [0.15, 0.2) is 0 Å². The maximum absolute atomic E-state index is 10.9. The number of carboxylic acid groups (broad SMARTS) is 2. The van der Waals surface area contributed by atoms with E-state index in [2.05, 4.69) is 6.58 Å². The molecule has 6 nitrogen and oxygen atoms in total. The van der Waals surface area contributed by atoms with Gasteiger partial charge in [-0.1, -0.05) is 6.08 Å². The summed E-state index contributed by atoms with van der Waals surface area (Å²) in [5.41, 5.74) is 0. The molecule has 2 unspecified atom stereocenters. The molecule has 1 rings (SSSR count). The van der Waals surface area contributed by atoms with E-state index in [-0.39, 0.29) is 13.0 Å². The lowest BCUT2D eigenvalue weighted by Gasteiger charge is -2.20. The highest BCUT2D eigenvalue weighted by Crippen LogP contribution is 2.28. The number of aliphatic carboxylic acids is 1. The van der Waals surface area contributed by atoms with E-state index in [1.54, 1.807) is 0 Å². The van der Waals surface area contributed by atoms with E-state index in [9.17, 15) is 14.7 Å². The summed E-state index contributed by atoms with van der Waals surface area (Å²) in [6, 6.07) is -1.18. The standard InChI is InChI=1S/C9H13NO5/c1-2-3-5-6(11)4-10(9(14)15)7(5)8(12)13/h2,5-7,11H,1,3-4H2,(H,12,13)(H,14,15)/t5?,6?,7-/m0/s1. The van der Waals surface area contributed by atoms with Crippen molar-refractivity contribution in [3.63, 3.8) is 0 Å². The summed E-state index contributed by atoms with van der Waals surface area (Å²) in [4.78, 5) is 22.4. The topological polar surface area (TPSA) is 98.1 Å². The Hall–Kier alpha value is -1.56. The number of carbonyl (C=O) groups is 2. The minimum atomic E-state index is -1.33. The van der Waals surface area contributed by atoms with Crippen LogP contribution in [0.2, 0.25) is 0 Å². The van der Waals surface area contributed by atoms with Gasteiger partial charge in [0, 0.05) is 5.92 Å². The maximum Gasteiger partial charge on any atom is 0.408 e. The summed E-state index contributed by atoms with van der Waals surface area (Å²) in [5.74, 6) is -1.85. The van der Waals surface area contributed by atoms with E-state index < -0.39 is 30.1 Å². The zero-order valence-electron chi connectivity index (χ0n) is 8.04. The Morgan fingerprint density at radius 1 is 1.47 bits per heavy atom. The molecule has 1 aliphatic heterocycles. The third kappa shape index (κ3) is 2.10. The fraction of sp³-hybridized carbons (Fsp3) is 0.556. The Balaban J connectivity index is 2.92. The van der Waals surface area contributed by atoms with Crippen LogP contribution in [0.5, 0.6) is 0 Å².